The standard InChI is InChI=1S/C31H25F3N2O4/c1-18-12-19(2)14-22(13-18)36-26-15-21(31(32,33)34)9-10-24(26)25(28(36)38)17-35-30(29(39)40)11-5-6-20(16-30)23-7-3-4-8-27(23)37/h3-15,17,35,37H,16H2,1-2H3,(H,39,40). The Bertz CT molecular complexity index is 1620. The van der Waals surface area contributed by atoms with Gasteiger partial charge < -0.3 is 15.5 Å². The molecule has 204 valence electrons. The lowest BCUT2D eigenvalue weighted by Crippen LogP contribution is -2.49. The number of hydrogen-bond donors (Lipinski definition) is 3. The summed E-state index contributed by atoms with van der Waals surface area (Å²) in [4.78, 5) is 27.5. The quantitative estimate of drug-likeness (QED) is 0.318. The first-order chi connectivity index (χ1) is 18.9. The third kappa shape index (κ3) is 4.75. The van der Waals surface area contributed by atoms with Crippen molar-refractivity contribution in [2.45, 2.75) is 32.0 Å². The molecule has 1 atom stereocenters. The third-order valence-corrected chi connectivity index (χ3v) is 7.01. The molecule has 0 radical (unpaired) electrons. The number of nitrogens with zero attached hydrogens (tertiary/aromatic N) is 1. The number of fused-ring (bicyclic) bond motifs is 1. The maximum atomic E-state index is 13.8. The van der Waals surface area contributed by atoms with Gasteiger partial charge in [-0.2, -0.15) is 13.2 Å². The van der Waals surface area contributed by atoms with E-state index in [0.29, 0.717) is 16.8 Å². The highest BCUT2D eigenvalue weighted by atomic mass is 19.4. The van der Waals surface area contributed by atoms with Gasteiger partial charge in [-0.3, -0.25) is 9.69 Å². The van der Waals surface area contributed by atoms with Crippen molar-refractivity contribution in [2.24, 2.45) is 0 Å². The smallest absolute Gasteiger partial charge is 0.416 e. The fourth-order valence-corrected chi connectivity index (χ4v) is 5.13. The van der Waals surface area contributed by atoms with Crippen LogP contribution in [0.2, 0.25) is 0 Å². The predicted molar refractivity (Wildman–Crippen MR) is 146 cm³/mol. The first kappa shape index (κ1) is 26.8. The van der Waals surface area contributed by atoms with Gasteiger partial charge in [0.15, 0.2) is 5.54 Å². The van der Waals surface area contributed by atoms with Crippen LogP contribution in [0.4, 0.5) is 24.5 Å². The molecule has 0 saturated carbocycles. The van der Waals surface area contributed by atoms with Gasteiger partial charge in [0.25, 0.3) is 5.91 Å². The molecular formula is C31H25F3N2O4. The molecule has 9 heteroatoms. The van der Waals surface area contributed by atoms with Crippen LogP contribution < -0.4 is 10.2 Å². The second-order valence-electron chi connectivity index (χ2n) is 9.94. The van der Waals surface area contributed by atoms with Crippen LogP contribution in [-0.4, -0.2) is 27.6 Å². The minimum absolute atomic E-state index is 0.00819. The molecular weight excluding hydrogens is 521 g/mol. The van der Waals surface area contributed by atoms with Gasteiger partial charge in [0.2, 0.25) is 0 Å². The molecule has 0 bridgehead atoms. The van der Waals surface area contributed by atoms with Crippen LogP contribution in [-0.2, 0) is 15.8 Å². The topological polar surface area (TPSA) is 89.9 Å². The number of alkyl halides is 3. The number of allylic oxidation sites excluding steroid dienone is 2. The van der Waals surface area contributed by atoms with Gasteiger partial charge in [-0.15, -0.1) is 0 Å². The van der Waals surface area contributed by atoms with E-state index in [9.17, 15) is 33.0 Å². The number of carbonyl (C=O) groups excluding carboxylic acids is 1. The van der Waals surface area contributed by atoms with Gasteiger partial charge in [0, 0.05) is 29.4 Å². The summed E-state index contributed by atoms with van der Waals surface area (Å²) in [6, 6.07) is 14.9. The summed E-state index contributed by atoms with van der Waals surface area (Å²) in [6.45, 7) is 3.65. The Morgan fingerprint density at radius 2 is 1.73 bits per heavy atom. The molecule has 40 heavy (non-hydrogen) atoms. The summed E-state index contributed by atoms with van der Waals surface area (Å²) < 4.78 is 40.9. The second-order valence-corrected chi connectivity index (χ2v) is 9.94. The lowest BCUT2D eigenvalue weighted by molar-refractivity contribution is -0.142. The van der Waals surface area contributed by atoms with E-state index in [1.54, 1.807) is 42.5 Å². The Balaban J connectivity index is 1.58. The van der Waals surface area contributed by atoms with Gasteiger partial charge in [0.05, 0.1) is 16.8 Å². The molecule has 3 aromatic rings. The Morgan fingerprint density at radius 3 is 2.38 bits per heavy atom. The first-order valence-electron chi connectivity index (χ1n) is 12.4. The molecule has 1 unspecified atom stereocenters. The second kappa shape index (κ2) is 9.75. The zero-order chi connectivity index (χ0) is 28.8. The molecule has 3 N–H and O–H groups in total. The van der Waals surface area contributed by atoms with Crippen LogP contribution in [0.3, 0.4) is 0 Å². The first-order valence-corrected chi connectivity index (χ1v) is 12.4. The Morgan fingerprint density at radius 1 is 1.02 bits per heavy atom. The summed E-state index contributed by atoms with van der Waals surface area (Å²) in [7, 11) is 0. The largest absolute Gasteiger partial charge is 0.507 e. The van der Waals surface area contributed by atoms with Crippen molar-refractivity contribution in [3.8, 4) is 5.75 Å². The SMILES string of the molecule is Cc1cc(C)cc(N2C(=O)C(=CNC3(C(=O)O)C=CC=C(c4ccccc4O)C3)c3ccc(C(F)(F)F)cc32)c1. The number of aliphatic carboxylic acids is 1. The highest BCUT2D eigenvalue weighted by Gasteiger charge is 2.41. The number of carbonyl (C=O) groups is 2. The molecule has 0 spiro atoms. The van der Waals surface area contributed by atoms with E-state index in [-0.39, 0.29) is 29.0 Å². The highest BCUT2D eigenvalue weighted by molar-refractivity contribution is 6.35. The van der Waals surface area contributed by atoms with E-state index in [4.69, 9.17) is 0 Å². The number of aromatic hydroxyl groups is 1. The van der Waals surface area contributed by atoms with Crippen LogP contribution in [0.15, 0.2) is 85.1 Å². The summed E-state index contributed by atoms with van der Waals surface area (Å²) >= 11 is 0. The van der Waals surface area contributed by atoms with E-state index in [1.807, 2.05) is 19.9 Å². The Hall–Kier alpha value is -4.79. The Labute approximate surface area is 228 Å². The minimum atomic E-state index is -4.62. The van der Waals surface area contributed by atoms with Crippen molar-refractivity contribution in [3.05, 3.63) is 113 Å². The van der Waals surface area contributed by atoms with E-state index < -0.39 is 29.2 Å². The maximum Gasteiger partial charge on any atom is 0.416 e. The zero-order valence-electron chi connectivity index (χ0n) is 21.6. The highest BCUT2D eigenvalue weighted by Crippen LogP contribution is 2.45. The number of benzene rings is 3. The number of para-hydroxylation sites is 1. The van der Waals surface area contributed by atoms with Gasteiger partial charge in [0.1, 0.15) is 5.75 Å². The monoisotopic (exact) mass is 546 g/mol. The lowest BCUT2D eigenvalue weighted by atomic mass is 9.83. The van der Waals surface area contributed by atoms with Gasteiger partial charge >= 0.3 is 12.1 Å². The lowest BCUT2D eigenvalue weighted by Gasteiger charge is -2.30. The summed E-state index contributed by atoms with van der Waals surface area (Å²) in [5, 5.41) is 23.4. The summed E-state index contributed by atoms with van der Waals surface area (Å²) in [5.74, 6) is -1.83. The number of nitrogens with one attached hydrogen (secondary N) is 1. The van der Waals surface area contributed by atoms with Gasteiger partial charge in [-0.25, -0.2) is 4.79 Å². The molecule has 1 heterocycles. The molecule has 6 nitrogen and oxygen atoms in total. The van der Waals surface area contributed by atoms with Crippen LogP contribution in [0.25, 0.3) is 11.1 Å². The summed E-state index contributed by atoms with van der Waals surface area (Å²) in [6.07, 6.45) is 1.25. The maximum absolute atomic E-state index is 13.8. The third-order valence-electron chi connectivity index (χ3n) is 7.01. The van der Waals surface area contributed by atoms with Crippen molar-refractivity contribution in [3.63, 3.8) is 0 Å². The van der Waals surface area contributed by atoms with Gasteiger partial charge in [-0.1, -0.05) is 42.5 Å². The van der Waals surface area contributed by atoms with E-state index in [2.05, 4.69) is 5.32 Å². The number of carboxylic acids is 1. The summed E-state index contributed by atoms with van der Waals surface area (Å²) in [5.41, 5.74) is 0.806. The van der Waals surface area contributed by atoms with E-state index in [1.165, 1.54) is 29.3 Å². The Kier molecular flexibility index (Phi) is 6.53. The fraction of sp³-hybridized carbons (Fsp3) is 0.161. The van der Waals surface area contributed by atoms with Gasteiger partial charge in [-0.05, 0) is 67.0 Å². The van der Waals surface area contributed by atoms with Crippen LogP contribution in [0.5, 0.6) is 5.75 Å². The number of aryl methyl sites for hydroxylation is 2. The van der Waals surface area contributed by atoms with E-state index >= 15 is 0 Å². The fourth-order valence-electron chi connectivity index (χ4n) is 5.13. The average molecular weight is 547 g/mol. The molecule has 0 fully saturated rings. The molecule has 1 amide bonds. The number of carboxylic acid groups (broad SMARTS) is 1. The van der Waals surface area contributed by atoms with E-state index in [0.717, 1.165) is 23.3 Å². The molecule has 1 aliphatic carbocycles. The molecule has 2 aliphatic rings. The number of halogens is 3. The molecule has 5 rings (SSSR count). The number of phenols is 1. The molecule has 0 aromatic heterocycles. The van der Waals surface area contributed by atoms with Crippen molar-refractivity contribution in [2.75, 3.05) is 4.90 Å². The zero-order valence-corrected chi connectivity index (χ0v) is 21.6. The van der Waals surface area contributed by atoms with Crippen molar-refractivity contribution in [1.29, 1.82) is 0 Å². The van der Waals surface area contributed by atoms with Crippen molar-refractivity contribution < 1.29 is 33.0 Å². The molecule has 3 aromatic carbocycles. The predicted octanol–water partition coefficient (Wildman–Crippen LogP) is 6.50. The minimum Gasteiger partial charge on any atom is -0.507 e. The van der Waals surface area contributed by atoms with Crippen molar-refractivity contribution >= 4 is 34.4 Å². The number of hydrogen-bond acceptors (Lipinski definition) is 4. The number of rotatable bonds is 5. The molecule has 1 aliphatic heterocycles. The number of phenolic OH excluding ortho intramolecular Hbond substituents is 1. The molecule has 0 saturated heterocycles. The van der Waals surface area contributed by atoms with Crippen LogP contribution >= 0.6 is 0 Å². The van der Waals surface area contributed by atoms with Crippen LogP contribution in [0, 0.1) is 13.8 Å². The number of amides is 1. The average Bonchev–Trinajstić information content (AvgIpc) is 3.17. The normalized spacial score (nSPS) is 19.5. The number of anilines is 2. The van der Waals surface area contributed by atoms with Crippen LogP contribution in [0.1, 0.15) is 34.2 Å². The van der Waals surface area contributed by atoms with Crippen molar-refractivity contribution in [1.82, 2.24) is 5.32 Å².